The van der Waals surface area contributed by atoms with Crippen LogP contribution in [0.2, 0.25) is 0 Å². The normalized spacial score (nSPS) is 12.7. The molecule has 0 saturated carbocycles. The molecule has 0 radical (unpaired) electrons. The molecule has 0 aliphatic rings. The van der Waals surface area contributed by atoms with Gasteiger partial charge in [-0.25, -0.2) is 0 Å². The van der Waals surface area contributed by atoms with Crippen molar-refractivity contribution in [3.05, 3.63) is 0 Å². The minimum Gasteiger partial charge on any atom is -0.465 e. The van der Waals surface area contributed by atoms with Crippen molar-refractivity contribution < 1.29 is 39.5 Å². The highest BCUT2D eigenvalue weighted by molar-refractivity contribution is 5.87. The van der Waals surface area contributed by atoms with E-state index < -0.39 is 48.6 Å². The minimum absolute atomic E-state index is 0.0686. The first-order valence-electron chi connectivity index (χ1n) is 9.66. The van der Waals surface area contributed by atoms with Gasteiger partial charge in [0.05, 0.1) is 49.3 Å². The molecule has 0 bridgehead atoms. The Balaban J connectivity index is 5.31. The number of hydrogen-bond donors (Lipinski definition) is 4. The van der Waals surface area contributed by atoms with Crippen molar-refractivity contribution in [3.63, 3.8) is 0 Å². The number of aliphatic hydroxyl groups excluding tert-OH is 4. The van der Waals surface area contributed by atoms with Crippen molar-refractivity contribution in [2.45, 2.75) is 59.8 Å². The number of Topliss-reactive ketones (excluding diaryl/α,β-unsaturated/α-hetero) is 2. The Kier molecular flexibility index (Phi) is 11.0. The molecule has 0 heterocycles. The van der Waals surface area contributed by atoms with Crippen LogP contribution in [0.5, 0.6) is 0 Å². The third kappa shape index (κ3) is 6.92. The Hall–Kier alpha value is -1.35. The Morgan fingerprint density at radius 1 is 0.714 bits per heavy atom. The smallest absolute Gasteiger partial charge is 0.311 e. The summed E-state index contributed by atoms with van der Waals surface area (Å²) in [6.45, 7) is 4.51. The summed E-state index contributed by atoms with van der Waals surface area (Å²) < 4.78 is 5.24. The van der Waals surface area contributed by atoms with Crippen LogP contribution in [0.4, 0.5) is 0 Å². The van der Waals surface area contributed by atoms with Gasteiger partial charge in [-0.05, 0) is 40.0 Å². The van der Waals surface area contributed by atoms with Crippen molar-refractivity contribution in [2.75, 3.05) is 33.0 Å². The van der Waals surface area contributed by atoms with Gasteiger partial charge in [-0.3, -0.25) is 14.4 Å². The molecule has 0 aliphatic heterocycles. The zero-order valence-electron chi connectivity index (χ0n) is 17.5. The molecule has 0 aromatic rings. The summed E-state index contributed by atoms with van der Waals surface area (Å²) in [6, 6.07) is 0. The van der Waals surface area contributed by atoms with E-state index in [2.05, 4.69) is 0 Å². The quantitative estimate of drug-likeness (QED) is 0.291. The van der Waals surface area contributed by atoms with E-state index in [9.17, 15) is 34.8 Å². The first-order chi connectivity index (χ1) is 13.0. The van der Waals surface area contributed by atoms with E-state index in [0.717, 1.165) is 0 Å². The monoisotopic (exact) mass is 404 g/mol. The Morgan fingerprint density at radius 3 is 1.36 bits per heavy atom. The van der Waals surface area contributed by atoms with Gasteiger partial charge in [-0.2, -0.15) is 0 Å². The number of ketones is 2. The average Bonchev–Trinajstić information content (AvgIpc) is 2.72. The molecule has 0 amide bonds. The Morgan fingerprint density at radius 2 is 1.07 bits per heavy atom. The lowest BCUT2D eigenvalue weighted by molar-refractivity contribution is -0.156. The lowest BCUT2D eigenvalue weighted by Gasteiger charge is -2.31. The molecule has 28 heavy (non-hydrogen) atoms. The summed E-state index contributed by atoms with van der Waals surface area (Å²) in [5, 5.41) is 37.5. The SMILES string of the molecule is CCCOC(=O)C(C)(CCC(=O)C(C)(CO)CO)CCC(=O)C(C)(CO)CO. The Bertz CT molecular complexity index is 486. The highest BCUT2D eigenvalue weighted by atomic mass is 16.5. The van der Waals surface area contributed by atoms with Gasteiger partial charge in [0.25, 0.3) is 0 Å². The van der Waals surface area contributed by atoms with E-state index in [0.29, 0.717) is 6.42 Å². The van der Waals surface area contributed by atoms with E-state index in [1.807, 2.05) is 6.92 Å². The number of hydrogen-bond acceptors (Lipinski definition) is 8. The van der Waals surface area contributed by atoms with Gasteiger partial charge >= 0.3 is 5.97 Å². The molecule has 0 unspecified atom stereocenters. The van der Waals surface area contributed by atoms with Crippen LogP contribution in [0, 0.1) is 16.2 Å². The van der Waals surface area contributed by atoms with Crippen molar-refractivity contribution in [3.8, 4) is 0 Å². The van der Waals surface area contributed by atoms with Gasteiger partial charge in [0.15, 0.2) is 0 Å². The number of aliphatic hydroxyl groups is 4. The number of rotatable bonds is 15. The van der Waals surface area contributed by atoms with Crippen molar-refractivity contribution in [1.29, 1.82) is 0 Å². The molecule has 164 valence electrons. The fourth-order valence-corrected chi connectivity index (χ4v) is 2.53. The summed E-state index contributed by atoms with van der Waals surface area (Å²) in [5.74, 6) is -1.29. The second kappa shape index (κ2) is 11.6. The van der Waals surface area contributed by atoms with Crippen LogP contribution in [0.1, 0.15) is 59.8 Å². The third-order valence-corrected chi connectivity index (χ3v) is 5.48. The predicted octanol–water partition coefficient (Wildman–Crippen LogP) is 0.626. The topological polar surface area (TPSA) is 141 Å². The van der Waals surface area contributed by atoms with Crippen LogP contribution >= 0.6 is 0 Å². The maximum atomic E-state index is 12.6. The van der Waals surface area contributed by atoms with Crippen molar-refractivity contribution in [2.24, 2.45) is 16.2 Å². The summed E-state index contributed by atoms with van der Waals surface area (Å²) in [5.41, 5.74) is -3.72. The zero-order valence-corrected chi connectivity index (χ0v) is 17.5. The Labute approximate surface area is 166 Å². The van der Waals surface area contributed by atoms with Crippen LogP contribution in [-0.4, -0.2) is 71.0 Å². The predicted molar refractivity (Wildman–Crippen MR) is 102 cm³/mol. The molecule has 0 fully saturated rings. The molecule has 8 nitrogen and oxygen atoms in total. The summed E-state index contributed by atoms with van der Waals surface area (Å²) in [4.78, 5) is 37.4. The van der Waals surface area contributed by atoms with E-state index in [4.69, 9.17) is 4.74 Å². The van der Waals surface area contributed by atoms with Crippen molar-refractivity contribution in [1.82, 2.24) is 0 Å². The highest BCUT2D eigenvalue weighted by Gasteiger charge is 2.40. The molecule has 0 rings (SSSR count). The molecular formula is C20H36O8. The van der Waals surface area contributed by atoms with Gasteiger partial charge in [0.1, 0.15) is 11.6 Å². The highest BCUT2D eigenvalue weighted by Crippen LogP contribution is 2.34. The number of carbonyl (C=O) groups excluding carboxylic acids is 3. The van der Waals surface area contributed by atoms with Crippen LogP contribution in [-0.2, 0) is 19.1 Å². The first kappa shape index (κ1) is 26.6. The fourth-order valence-electron chi connectivity index (χ4n) is 2.53. The molecule has 0 atom stereocenters. The molecule has 0 spiro atoms. The second-order valence-corrected chi connectivity index (χ2v) is 8.30. The van der Waals surface area contributed by atoms with E-state index in [1.54, 1.807) is 6.92 Å². The van der Waals surface area contributed by atoms with E-state index >= 15 is 0 Å². The summed E-state index contributed by atoms with van der Waals surface area (Å²) >= 11 is 0. The lowest BCUT2D eigenvalue weighted by atomic mass is 9.75. The number of carbonyl (C=O) groups is 3. The largest absolute Gasteiger partial charge is 0.465 e. The maximum Gasteiger partial charge on any atom is 0.311 e. The van der Waals surface area contributed by atoms with Gasteiger partial charge in [0.2, 0.25) is 0 Å². The average molecular weight is 405 g/mol. The van der Waals surface area contributed by atoms with Crippen LogP contribution in [0.3, 0.4) is 0 Å². The standard InChI is InChI=1S/C20H36O8/c1-5-10-28-17(27)18(2,8-6-15(25)19(3,11-21)12-22)9-7-16(26)20(4,13-23)14-24/h21-24H,5-14H2,1-4H3. The number of ether oxygens (including phenoxy) is 1. The molecule has 8 heteroatoms. The molecular weight excluding hydrogens is 368 g/mol. The zero-order chi connectivity index (χ0) is 22.0. The van der Waals surface area contributed by atoms with Crippen LogP contribution < -0.4 is 0 Å². The minimum atomic E-state index is -1.30. The van der Waals surface area contributed by atoms with Gasteiger partial charge in [-0.15, -0.1) is 0 Å². The molecule has 4 N–H and O–H groups in total. The fraction of sp³-hybridized carbons (Fsp3) is 0.850. The van der Waals surface area contributed by atoms with Crippen LogP contribution in [0.25, 0.3) is 0 Å². The van der Waals surface area contributed by atoms with Crippen LogP contribution in [0.15, 0.2) is 0 Å². The molecule has 0 aromatic heterocycles. The third-order valence-electron chi connectivity index (χ3n) is 5.48. The van der Waals surface area contributed by atoms with Gasteiger partial charge in [-0.1, -0.05) is 6.92 Å². The molecule has 0 aromatic carbocycles. The van der Waals surface area contributed by atoms with Crippen molar-refractivity contribution >= 4 is 17.5 Å². The molecule has 0 saturated heterocycles. The lowest BCUT2D eigenvalue weighted by Crippen LogP contribution is -2.39. The first-order valence-corrected chi connectivity index (χ1v) is 9.66. The van der Waals surface area contributed by atoms with E-state index in [1.165, 1.54) is 13.8 Å². The maximum absolute atomic E-state index is 12.6. The number of esters is 1. The summed E-state index contributed by atoms with van der Waals surface area (Å²) in [7, 11) is 0. The van der Waals surface area contributed by atoms with Gasteiger partial charge in [0, 0.05) is 12.8 Å². The molecule has 0 aliphatic carbocycles. The summed E-state index contributed by atoms with van der Waals surface area (Å²) in [6.07, 6.45) is 0.667. The van der Waals surface area contributed by atoms with E-state index in [-0.39, 0.29) is 43.9 Å². The van der Waals surface area contributed by atoms with Gasteiger partial charge < -0.3 is 25.2 Å². The second-order valence-electron chi connectivity index (χ2n) is 8.30.